The van der Waals surface area contributed by atoms with Gasteiger partial charge in [-0.25, -0.2) is 9.59 Å². The zero-order chi connectivity index (χ0) is 38.5. The number of carbonyl (C=O) groups excluding carboxylic acids is 4. The first-order valence-electron chi connectivity index (χ1n) is 17.0. The number of esters is 1. The fourth-order valence-corrected chi connectivity index (χ4v) is 8.09. The van der Waals surface area contributed by atoms with Crippen LogP contribution in [0.4, 0.5) is 10.5 Å². The lowest BCUT2D eigenvalue weighted by Crippen LogP contribution is -2.63. The first-order valence-corrected chi connectivity index (χ1v) is 20.1. The van der Waals surface area contributed by atoms with Crippen molar-refractivity contribution in [2.75, 3.05) is 45.2 Å². The zero-order valence-electron chi connectivity index (χ0n) is 31.1. The minimum absolute atomic E-state index is 0.0452. The number of allylic oxidation sites excluding steroid dienone is 3. The normalized spacial score (nSPS) is 31.6. The Morgan fingerprint density at radius 3 is 2.63 bits per heavy atom. The molecule has 1 aromatic carbocycles. The Labute approximate surface area is 318 Å². The second-order valence-electron chi connectivity index (χ2n) is 13.6. The predicted molar refractivity (Wildman–Crippen MR) is 202 cm³/mol. The number of rotatable bonds is 9. The summed E-state index contributed by atoms with van der Waals surface area (Å²) < 4.78 is 29.2. The van der Waals surface area contributed by atoms with Gasteiger partial charge in [0.2, 0.25) is 11.8 Å². The van der Waals surface area contributed by atoms with E-state index in [0.29, 0.717) is 23.6 Å². The van der Waals surface area contributed by atoms with E-state index < -0.39 is 65.7 Å². The number of benzene rings is 1. The van der Waals surface area contributed by atoms with Crippen LogP contribution in [0.25, 0.3) is 0 Å². The van der Waals surface area contributed by atoms with Gasteiger partial charge in [0.05, 0.1) is 25.3 Å². The maximum Gasteiger partial charge on any atom is 0.409 e. The molecule has 0 radical (unpaired) electrons. The average molecular weight is 784 g/mol. The summed E-state index contributed by atoms with van der Waals surface area (Å²) in [6.07, 6.45) is 3.17. The number of carbonyl (C=O) groups is 4. The van der Waals surface area contributed by atoms with E-state index in [0.717, 1.165) is 11.1 Å². The van der Waals surface area contributed by atoms with Crippen molar-refractivity contribution in [2.45, 2.75) is 95.2 Å². The second-order valence-corrected chi connectivity index (χ2v) is 16.7. The van der Waals surface area contributed by atoms with Gasteiger partial charge >= 0.3 is 12.1 Å². The minimum atomic E-state index is -1.82. The number of aliphatic hydroxyl groups is 1. The smallest absolute Gasteiger partial charge is 0.409 e. The van der Waals surface area contributed by atoms with Crippen molar-refractivity contribution in [2.24, 2.45) is 5.92 Å². The van der Waals surface area contributed by atoms with Crippen LogP contribution in [0.15, 0.2) is 35.9 Å². The summed E-state index contributed by atoms with van der Waals surface area (Å²) in [6.45, 7) is 7.02. The van der Waals surface area contributed by atoms with Gasteiger partial charge in [-0.3, -0.25) is 14.9 Å². The Bertz CT molecular complexity index is 1580. The van der Waals surface area contributed by atoms with Crippen molar-refractivity contribution in [1.82, 2.24) is 10.2 Å². The van der Waals surface area contributed by atoms with Crippen molar-refractivity contribution in [3.8, 4) is 5.75 Å². The van der Waals surface area contributed by atoms with Crippen molar-refractivity contribution >= 4 is 62.8 Å². The number of nitrogens with zero attached hydrogens (tertiary/aromatic N) is 2. The molecule has 16 heteroatoms. The number of ether oxygens (including phenoxy) is 5. The number of anilines is 1. The fourth-order valence-electron chi connectivity index (χ4n) is 6.61. The molecule has 2 N–H and O–H groups in total. The molecule has 288 valence electrons. The average Bonchev–Trinajstić information content (AvgIpc) is 3.80. The summed E-state index contributed by atoms with van der Waals surface area (Å²) in [4.78, 5) is 56.2. The number of epoxide rings is 1. The van der Waals surface area contributed by atoms with E-state index in [2.05, 4.69) is 5.32 Å². The third-order valence-electron chi connectivity index (χ3n) is 10.0. The van der Waals surface area contributed by atoms with E-state index >= 15 is 0 Å². The van der Waals surface area contributed by atoms with E-state index in [1.54, 1.807) is 73.7 Å². The molecule has 3 aliphatic heterocycles. The number of nitrogens with one attached hydrogen (secondary N) is 1. The summed E-state index contributed by atoms with van der Waals surface area (Å²) in [6, 6.07) is 2.63. The maximum absolute atomic E-state index is 14.1. The monoisotopic (exact) mass is 783 g/mol. The Morgan fingerprint density at radius 2 is 1.98 bits per heavy atom. The Kier molecular flexibility index (Phi) is 14.0. The van der Waals surface area contributed by atoms with Crippen LogP contribution < -0.4 is 15.0 Å². The molecular weight excluding hydrogens is 734 g/mol. The number of alkyl carbamates (subject to hydrolysis) is 1. The van der Waals surface area contributed by atoms with Gasteiger partial charge in [-0.15, -0.1) is 0 Å². The van der Waals surface area contributed by atoms with Crippen LogP contribution in [0.2, 0.25) is 5.02 Å². The molecule has 2 fully saturated rings. The van der Waals surface area contributed by atoms with Crippen LogP contribution >= 0.6 is 33.2 Å². The molecule has 8 atom stereocenters. The molecule has 3 heterocycles. The zero-order valence-corrected chi connectivity index (χ0v) is 33.5. The van der Waals surface area contributed by atoms with Crippen LogP contribution in [0, 0.1) is 5.92 Å². The largest absolute Gasteiger partial charge is 0.495 e. The van der Waals surface area contributed by atoms with Crippen molar-refractivity contribution in [3.05, 3.63) is 46.5 Å². The summed E-state index contributed by atoms with van der Waals surface area (Å²) in [5.41, 5.74) is -0.884. The molecule has 0 spiro atoms. The lowest BCUT2D eigenvalue weighted by molar-refractivity contribution is -0.161. The highest BCUT2D eigenvalue weighted by Crippen LogP contribution is 2.49. The van der Waals surface area contributed by atoms with Crippen LogP contribution in [0.5, 0.6) is 5.75 Å². The molecule has 4 rings (SSSR count). The molecule has 3 aliphatic rings. The van der Waals surface area contributed by atoms with Gasteiger partial charge in [-0.05, 0) is 51.1 Å². The predicted octanol–water partition coefficient (Wildman–Crippen LogP) is 4.92. The van der Waals surface area contributed by atoms with Gasteiger partial charge in [-0.1, -0.05) is 63.9 Å². The lowest BCUT2D eigenvalue weighted by atomic mass is 9.83. The molecule has 13 nitrogen and oxygen atoms in total. The van der Waals surface area contributed by atoms with Gasteiger partial charge < -0.3 is 38.6 Å². The Hall–Kier alpha value is -2.95. The topological polar surface area (TPSA) is 156 Å². The lowest BCUT2D eigenvalue weighted by Gasteiger charge is -2.42. The minimum Gasteiger partial charge on any atom is -0.495 e. The number of methoxy groups -OCH3 is 2. The number of fused-ring (bicyclic) bond motifs is 5. The van der Waals surface area contributed by atoms with E-state index in [1.807, 2.05) is 19.3 Å². The quantitative estimate of drug-likeness (QED) is 0.151. The van der Waals surface area contributed by atoms with Crippen LogP contribution in [-0.4, -0.2) is 116 Å². The molecule has 2 saturated heterocycles. The van der Waals surface area contributed by atoms with Gasteiger partial charge in [0.15, 0.2) is 5.72 Å². The maximum atomic E-state index is 14.1. The van der Waals surface area contributed by atoms with E-state index in [9.17, 15) is 24.3 Å². The molecule has 0 aliphatic carbocycles. The molecule has 0 aromatic heterocycles. The van der Waals surface area contributed by atoms with Gasteiger partial charge in [0.25, 0.3) is 0 Å². The highest BCUT2D eigenvalue weighted by Gasteiger charge is 2.64. The number of halogens is 1. The highest BCUT2D eigenvalue weighted by atomic mass is 35.5. The van der Waals surface area contributed by atoms with Gasteiger partial charge in [0.1, 0.15) is 40.7 Å². The van der Waals surface area contributed by atoms with Crippen LogP contribution in [-0.2, 0) is 39.8 Å². The molecular formula is C36H50ClN3O10S2. The standard InChI is InChI=1S/C36H50ClN3O10S2/c1-20-11-10-12-27(47-8)36(45)19-26(48-34(44)38-36)21(2)32-35(4,50-32)28(49-33(43)22(3)39(5)29(41)13-14-52-51-9)18-30(42)40(6)24-16-23(15-20)17-25(46-7)31(24)37/h10-12,16-17,21-22,26-28,32,45H,13-15,18-19H2,1-9H3,(H,38,44)/b12-10+,20-11+/t21-,22-,26+,27-,28+,32?,35+,36+/m1/s1. The molecule has 4 bridgehead atoms. The molecule has 3 amide bonds. The van der Waals surface area contributed by atoms with Crippen molar-refractivity contribution in [3.63, 3.8) is 0 Å². The molecule has 1 unspecified atom stereocenters. The first-order chi connectivity index (χ1) is 24.5. The second kappa shape index (κ2) is 17.5. The molecule has 0 saturated carbocycles. The Morgan fingerprint density at radius 1 is 1.27 bits per heavy atom. The number of hydrogen-bond acceptors (Lipinski definition) is 12. The molecule has 52 heavy (non-hydrogen) atoms. The van der Waals surface area contributed by atoms with E-state index in [4.69, 9.17) is 35.3 Å². The number of likely N-dealkylation sites (N-methyl/N-ethyl adjacent to an activating group) is 1. The summed E-state index contributed by atoms with van der Waals surface area (Å²) in [7, 11) is 9.14. The van der Waals surface area contributed by atoms with Crippen LogP contribution in [0.3, 0.4) is 0 Å². The SMILES string of the molecule is COc1cc2cc(c1Cl)N(C)C(=O)C[C@H](OC(=O)[C@@H](C)N(C)C(=O)CCSSC)[C@]1(C)OC1[C@H](C)[C@@H]1C[C@@](O)(NC(=O)O1)[C@H](OC)/C=C/C=C(\C)C2. The van der Waals surface area contributed by atoms with Gasteiger partial charge in [0, 0.05) is 45.7 Å². The third kappa shape index (κ3) is 9.40. The fraction of sp³-hybridized carbons (Fsp3) is 0.611. The summed E-state index contributed by atoms with van der Waals surface area (Å²) in [5.74, 6) is -0.916. The van der Waals surface area contributed by atoms with E-state index in [-0.39, 0.29) is 30.2 Å². The summed E-state index contributed by atoms with van der Waals surface area (Å²) >= 11 is 6.75. The first kappa shape index (κ1) is 41.8. The highest BCUT2D eigenvalue weighted by molar-refractivity contribution is 8.76. The number of amides is 3. The van der Waals surface area contributed by atoms with E-state index in [1.165, 1.54) is 31.1 Å². The number of hydrogen-bond donors (Lipinski definition) is 2. The van der Waals surface area contributed by atoms with Crippen molar-refractivity contribution < 1.29 is 48.0 Å². The van der Waals surface area contributed by atoms with Crippen molar-refractivity contribution in [1.29, 1.82) is 0 Å². The molecule has 1 aromatic rings. The summed E-state index contributed by atoms with van der Waals surface area (Å²) in [5, 5.41) is 14.5. The third-order valence-corrected chi connectivity index (χ3v) is 12.2. The Balaban J connectivity index is 1.74. The van der Waals surface area contributed by atoms with Gasteiger partial charge in [-0.2, -0.15) is 0 Å². The van der Waals surface area contributed by atoms with Crippen LogP contribution in [0.1, 0.15) is 52.5 Å².